The largest absolute Gasteiger partial charge is 0.309 e. The minimum atomic E-state index is 1.20. The fraction of sp³-hybridized carbons (Fsp3) is 0.0800. The van der Waals surface area contributed by atoms with Gasteiger partial charge in [-0.25, -0.2) is 4.57 Å². The third kappa shape index (κ3) is 2.45. The average Bonchev–Trinajstić information content (AvgIpc) is 3.03. The van der Waals surface area contributed by atoms with E-state index < -0.39 is 0 Å². The molecule has 130 valence electrons. The lowest BCUT2D eigenvalue weighted by Crippen LogP contribution is -2.30. The number of aromatic nitrogens is 2. The van der Waals surface area contributed by atoms with Gasteiger partial charge in [0.25, 0.3) is 0 Å². The highest BCUT2D eigenvalue weighted by molar-refractivity contribution is 6.09. The molecular formula is C25H21N2+. The van der Waals surface area contributed by atoms with Crippen LogP contribution in [0.25, 0.3) is 38.8 Å². The summed E-state index contributed by atoms with van der Waals surface area (Å²) in [6.45, 7) is 2.19. The summed E-state index contributed by atoms with van der Waals surface area (Å²) in [5, 5.41) is 2.59. The fourth-order valence-electron chi connectivity index (χ4n) is 4.08. The van der Waals surface area contributed by atoms with Crippen LogP contribution in [0.1, 0.15) is 5.56 Å². The van der Waals surface area contributed by atoms with Crippen LogP contribution in [-0.2, 0) is 7.05 Å². The Morgan fingerprint density at radius 1 is 0.704 bits per heavy atom. The van der Waals surface area contributed by atoms with Crippen LogP contribution in [0, 0.1) is 6.92 Å². The van der Waals surface area contributed by atoms with Gasteiger partial charge in [0, 0.05) is 34.2 Å². The molecule has 0 aliphatic rings. The van der Waals surface area contributed by atoms with Crippen LogP contribution in [0.3, 0.4) is 0 Å². The first-order valence-electron chi connectivity index (χ1n) is 9.28. The normalized spacial score (nSPS) is 11.3. The van der Waals surface area contributed by atoms with Crippen molar-refractivity contribution in [3.8, 4) is 16.9 Å². The van der Waals surface area contributed by atoms with Crippen LogP contribution in [0.15, 0.2) is 91.1 Å². The number of benzene rings is 3. The van der Waals surface area contributed by atoms with Gasteiger partial charge in [0.05, 0.1) is 11.0 Å². The molecule has 0 spiro atoms. The van der Waals surface area contributed by atoms with E-state index in [1.54, 1.807) is 0 Å². The molecule has 2 nitrogen and oxygen atoms in total. The highest BCUT2D eigenvalue weighted by Crippen LogP contribution is 2.33. The van der Waals surface area contributed by atoms with Crippen molar-refractivity contribution in [3.05, 3.63) is 96.7 Å². The minimum absolute atomic E-state index is 1.20. The molecule has 0 atom stereocenters. The number of hydrogen-bond acceptors (Lipinski definition) is 0. The van der Waals surface area contributed by atoms with Gasteiger partial charge >= 0.3 is 0 Å². The molecule has 0 saturated carbocycles. The Hall–Kier alpha value is -3.39. The van der Waals surface area contributed by atoms with E-state index in [9.17, 15) is 0 Å². The second-order valence-electron chi connectivity index (χ2n) is 7.07. The van der Waals surface area contributed by atoms with Crippen molar-refractivity contribution in [2.24, 2.45) is 7.05 Å². The van der Waals surface area contributed by atoms with Crippen molar-refractivity contribution in [2.45, 2.75) is 6.92 Å². The van der Waals surface area contributed by atoms with Crippen LogP contribution in [-0.4, -0.2) is 4.57 Å². The molecule has 0 saturated heterocycles. The maximum absolute atomic E-state index is 2.37. The smallest absolute Gasteiger partial charge is 0.212 e. The van der Waals surface area contributed by atoms with Crippen molar-refractivity contribution in [2.75, 3.05) is 0 Å². The number of hydrogen-bond donors (Lipinski definition) is 0. The summed E-state index contributed by atoms with van der Waals surface area (Å²) in [7, 11) is 2.09. The Labute approximate surface area is 158 Å². The van der Waals surface area contributed by atoms with Crippen LogP contribution in [0.2, 0.25) is 0 Å². The Morgan fingerprint density at radius 2 is 1.33 bits per heavy atom. The molecule has 5 rings (SSSR count). The predicted molar refractivity (Wildman–Crippen MR) is 112 cm³/mol. The summed E-state index contributed by atoms with van der Waals surface area (Å²) < 4.78 is 4.54. The quantitative estimate of drug-likeness (QED) is 0.368. The lowest BCUT2D eigenvalue weighted by atomic mass is 10.0. The number of fused-ring (bicyclic) bond motifs is 3. The number of nitrogens with zero attached hydrogens (tertiary/aromatic N) is 2. The zero-order valence-electron chi connectivity index (χ0n) is 15.6. The number of rotatable bonds is 2. The Kier molecular flexibility index (Phi) is 3.58. The van der Waals surface area contributed by atoms with Gasteiger partial charge in [-0.1, -0.05) is 36.4 Å². The third-order valence-corrected chi connectivity index (χ3v) is 5.38. The van der Waals surface area contributed by atoms with E-state index in [-0.39, 0.29) is 0 Å². The van der Waals surface area contributed by atoms with Crippen molar-refractivity contribution >= 4 is 21.8 Å². The minimum Gasteiger partial charge on any atom is -0.309 e. The van der Waals surface area contributed by atoms with Crippen LogP contribution < -0.4 is 4.57 Å². The Balaban J connectivity index is 1.76. The maximum atomic E-state index is 2.37. The zero-order chi connectivity index (χ0) is 18.4. The van der Waals surface area contributed by atoms with Gasteiger partial charge in [0.15, 0.2) is 6.20 Å². The van der Waals surface area contributed by atoms with Gasteiger partial charge in [-0.15, -0.1) is 0 Å². The van der Waals surface area contributed by atoms with E-state index in [0.29, 0.717) is 0 Å². The first kappa shape index (κ1) is 15.8. The fourth-order valence-corrected chi connectivity index (χ4v) is 4.08. The van der Waals surface area contributed by atoms with E-state index >= 15 is 0 Å². The first-order chi connectivity index (χ1) is 13.2. The standard InChI is InChI=1S/C25H21N2/c1-18-17-19(14-15-20(18)23-11-7-8-16-26(23)2)27-24-12-5-3-9-21(24)22-10-4-6-13-25(22)27/h3-17H,1-2H3/q+1. The number of aryl methyl sites for hydroxylation is 2. The van der Waals surface area contributed by atoms with E-state index in [2.05, 4.69) is 114 Å². The number of pyridine rings is 1. The van der Waals surface area contributed by atoms with E-state index in [1.165, 1.54) is 44.3 Å². The lowest BCUT2D eigenvalue weighted by molar-refractivity contribution is -0.660. The summed E-state index contributed by atoms with van der Waals surface area (Å²) in [6.07, 6.45) is 2.09. The average molecular weight is 349 g/mol. The molecule has 0 bridgehead atoms. The molecule has 0 N–H and O–H groups in total. The van der Waals surface area contributed by atoms with E-state index in [0.717, 1.165) is 0 Å². The van der Waals surface area contributed by atoms with Gasteiger partial charge in [-0.05, 0) is 48.9 Å². The Morgan fingerprint density at radius 3 is 1.96 bits per heavy atom. The van der Waals surface area contributed by atoms with Gasteiger partial charge in [0.2, 0.25) is 5.69 Å². The summed E-state index contributed by atoms with van der Waals surface area (Å²) in [4.78, 5) is 0. The van der Waals surface area contributed by atoms with Crippen LogP contribution in [0.4, 0.5) is 0 Å². The lowest BCUT2D eigenvalue weighted by Gasteiger charge is -2.11. The monoisotopic (exact) mass is 349 g/mol. The highest BCUT2D eigenvalue weighted by atomic mass is 15.0. The van der Waals surface area contributed by atoms with E-state index in [4.69, 9.17) is 0 Å². The molecule has 27 heavy (non-hydrogen) atoms. The van der Waals surface area contributed by atoms with Crippen molar-refractivity contribution in [3.63, 3.8) is 0 Å². The van der Waals surface area contributed by atoms with Gasteiger partial charge in [0.1, 0.15) is 7.05 Å². The molecule has 0 aliphatic carbocycles. The predicted octanol–water partition coefficient (Wildman–Crippen LogP) is 5.58. The van der Waals surface area contributed by atoms with Crippen LogP contribution >= 0.6 is 0 Å². The molecule has 0 amide bonds. The summed E-state index contributed by atoms with van der Waals surface area (Å²) in [5.74, 6) is 0. The van der Waals surface area contributed by atoms with Gasteiger partial charge in [-0.3, -0.25) is 0 Å². The summed E-state index contributed by atoms with van der Waals surface area (Å²) in [5.41, 5.74) is 7.46. The number of para-hydroxylation sites is 2. The SMILES string of the molecule is Cc1cc(-n2c3ccccc3c3ccccc32)ccc1-c1cccc[n+]1C. The van der Waals surface area contributed by atoms with Gasteiger partial charge in [-0.2, -0.15) is 0 Å². The second kappa shape index (κ2) is 6.10. The molecule has 0 fully saturated rings. The maximum Gasteiger partial charge on any atom is 0.212 e. The third-order valence-electron chi connectivity index (χ3n) is 5.38. The summed E-state index contributed by atoms with van der Waals surface area (Å²) in [6, 6.07) is 30.4. The Bertz CT molecular complexity index is 1240. The molecule has 2 aromatic heterocycles. The molecule has 0 unspecified atom stereocenters. The summed E-state index contributed by atoms with van der Waals surface area (Å²) >= 11 is 0. The van der Waals surface area contributed by atoms with Crippen molar-refractivity contribution in [1.29, 1.82) is 0 Å². The van der Waals surface area contributed by atoms with E-state index in [1.807, 2.05) is 0 Å². The molecule has 3 aromatic carbocycles. The second-order valence-corrected chi connectivity index (χ2v) is 7.07. The molecule has 2 heterocycles. The van der Waals surface area contributed by atoms with Crippen molar-refractivity contribution < 1.29 is 4.57 Å². The molecule has 0 aliphatic heterocycles. The zero-order valence-corrected chi connectivity index (χ0v) is 15.6. The first-order valence-corrected chi connectivity index (χ1v) is 9.28. The topological polar surface area (TPSA) is 8.81 Å². The molecule has 5 aromatic rings. The molecule has 0 radical (unpaired) electrons. The molecular weight excluding hydrogens is 328 g/mol. The highest BCUT2D eigenvalue weighted by Gasteiger charge is 2.15. The van der Waals surface area contributed by atoms with Gasteiger partial charge < -0.3 is 4.57 Å². The molecule has 2 heteroatoms. The van der Waals surface area contributed by atoms with Crippen LogP contribution in [0.5, 0.6) is 0 Å². The van der Waals surface area contributed by atoms with Crippen molar-refractivity contribution in [1.82, 2.24) is 4.57 Å².